The van der Waals surface area contributed by atoms with Crippen LogP contribution in [0.4, 0.5) is 4.39 Å². The maximum Gasteiger partial charge on any atom is 0.306 e. The van der Waals surface area contributed by atoms with Gasteiger partial charge in [0.15, 0.2) is 34.6 Å². The van der Waals surface area contributed by atoms with Gasteiger partial charge in [-0.3, -0.25) is 19.2 Å². The Morgan fingerprint density at radius 1 is 1.00 bits per heavy atom. The standard InChI is InChI=1S/C30H31ClFNO10S/c1-14(29(37)38)7-19(34)23-10-17-22(44-23)11-20(35)27(26(17)32)42-5-4-6-43-28-21(41-3)9-16-12-33(13-18(16)25(28)31)24(36)8-15(2)30(39)40/h9-11,14-15,35H,4-8,12-13H2,1-3H3,(H,37,38)(H,39,40). The molecule has 2 atom stereocenters. The first kappa shape index (κ1) is 32.8. The van der Waals surface area contributed by atoms with Crippen molar-refractivity contribution in [3.8, 4) is 23.0 Å². The Kier molecular flexibility index (Phi) is 10.2. The fourth-order valence-electron chi connectivity index (χ4n) is 4.66. The minimum absolute atomic E-state index is 0.0447. The summed E-state index contributed by atoms with van der Waals surface area (Å²) in [5, 5.41) is 28.9. The zero-order valence-electron chi connectivity index (χ0n) is 24.1. The molecule has 44 heavy (non-hydrogen) atoms. The lowest BCUT2D eigenvalue weighted by atomic mass is 10.0. The molecule has 0 fully saturated rings. The van der Waals surface area contributed by atoms with E-state index in [2.05, 4.69) is 0 Å². The third-order valence-electron chi connectivity index (χ3n) is 7.23. The van der Waals surface area contributed by atoms with E-state index in [9.17, 15) is 24.3 Å². The molecule has 2 unspecified atom stereocenters. The number of nitrogens with zero attached hydrogens (tertiary/aromatic N) is 1. The number of aromatic hydroxyl groups is 1. The molecule has 14 heteroatoms. The van der Waals surface area contributed by atoms with Crippen molar-refractivity contribution < 1.29 is 53.1 Å². The molecule has 1 amide bonds. The number of thiophene rings is 1. The van der Waals surface area contributed by atoms with Gasteiger partial charge in [0, 0.05) is 48.5 Å². The summed E-state index contributed by atoms with van der Waals surface area (Å²) in [4.78, 5) is 49.0. The van der Waals surface area contributed by atoms with Gasteiger partial charge in [-0.1, -0.05) is 25.4 Å². The molecule has 0 saturated carbocycles. The number of phenolic OH excluding ortho intramolecular Hbond substituents is 1. The average molecular weight is 652 g/mol. The summed E-state index contributed by atoms with van der Waals surface area (Å²) in [6.07, 6.45) is -0.117. The molecule has 0 radical (unpaired) electrons. The number of carboxylic acid groups (broad SMARTS) is 2. The van der Waals surface area contributed by atoms with E-state index in [4.69, 9.17) is 36.0 Å². The van der Waals surface area contributed by atoms with Crippen LogP contribution < -0.4 is 14.2 Å². The number of aliphatic carboxylic acids is 2. The van der Waals surface area contributed by atoms with Gasteiger partial charge in [0.1, 0.15) is 0 Å². The van der Waals surface area contributed by atoms with Crippen molar-refractivity contribution in [1.29, 1.82) is 0 Å². The van der Waals surface area contributed by atoms with Crippen molar-refractivity contribution in [2.45, 2.75) is 46.2 Å². The molecular formula is C30H31ClFNO10S. The number of rotatable bonds is 14. The van der Waals surface area contributed by atoms with Crippen LogP contribution in [-0.4, -0.2) is 64.2 Å². The molecule has 0 spiro atoms. The number of ether oxygens (including phenoxy) is 3. The van der Waals surface area contributed by atoms with Gasteiger partial charge in [-0.2, -0.15) is 0 Å². The molecule has 3 aromatic rings. The summed E-state index contributed by atoms with van der Waals surface area (Å²) in [5.74, 6) is -5.70. The van der Waals surface area contributed by atoms with Crippen LogP contribution in [0.5, 0.6) is 23.0 Å². The Morgan fingerprint density at radius 2 is 1.64 bits per heavy atom. The van der Waals surface area contributed by atoms with Crippen molar-refractivity contribution in [3.05, 3.63) is 45.0 Å². The smallest absolute Gasteiger partial charge is 0.306 e. The first-order valence-corrected chi connectivity index (χ1v) is 14.9. The van der Waals surface area contributed by atoms with Crippen molar-refractivity contribution >= 4 is 56.7 Å². The molecule has 2 heterocycles. The van der Waals surface area contributed by atoms with Crippen molar-refractivity contribution in [3.63, 3.8) is 0 Å². The predicted octanol–water partition coefficient (Wildman–Crippen LogP) is 5.50. The van der Waals surface area contributed by atoms with Gasteiger partial charge in [-0.25, -0.2) is 4.39 Å². The maximum absolute atomic E-state index is 15.2. The van der Waals surface area contributed by atoms with E-state index in [-0.39, 0.29) is 78.3 Å². The van der Waals surface area contributed by atoms with Crippen LogP contribution in [0.15, 0.2) is 18.2 Å². The molecular weight excluding hydrogens is 621 g/mol. The number of hydrogen-bond donors (Lipinski definition) is 3. The highest BCUT2D eigenvalue weighted by atomic mass is 35.5. The monoisotopic (exact) mass is 651 g/mol. The van der Waals surface area contributed by atoms with E-state index < -0.39 is 41.1 Å². The zero-order valence-corrected chi connectivity index (χ0v) is 25.7. The minimum Gasteiger partial charge on any atom is -0.504 e. The predicted molar refractivity (Wildman–Crippen MR) is 158 cm³/mol. The quantitative estimate of drug-likeness (QED) is 0.150. The summed E-state index contributed by atoms with van der Waals surface area (Å²) in [6, 6.07) is 4.33. The molecule has 3 N–H and O–H groups in total. The van der Waals surface area contributed by atoms with Crippen LogP contribution in [-0.2, 0) is 27.5 Å². The molecule has 0 bridgehead atoms. The van der Waals surface area contributed by atoms with E-state index in [0.29, 0.717) is 16.0 Å². The van der Waals surface area contributed by atoms with E-state index in [0.717, 1.165) is 16.9 Å². The molecule has 0 aliphatic carbocycles. The maximum atomic E-state index is 15.2. The highest BCUT2D eigenvalue weighted by Gasteiger charge is 2.31. The Morgan fingerprint density at radius 3 is 2.27 bits per heavy atom. The number of methoxy groups -OCH3 is 1. The second-order valence-electron chi connectivity index (χ2n) is 10.5. The fraction of sp³-hybridized carbons (Fsp3) is 0.400. The number of carboxylic acids is 2. The molecule has 2 aromatic carbocycles. The summed E-state index contributed by atoms with van der Waals surface area (Å²) in [5.41, 5.74) is 1.43. The van der Waals surface area contributed by atoms with Crippen molar-refractivity contribution in [2.24, 2.45) is 11.8 Å². The van der Waals surface area contributed by atoms with E-state index in [1.807, 2.05) is 0 Å². The number of hydrogen-bond acceptors (Lipinski definition) is 9. The third kappa shape index (κ3) is 6.99. The number of amides is 1. The van der Waals surface area contributed by atoms with Gasteiger partial charge < -0.3 is 34.4 Å². The van der Waals surface area contributed by atoms with Crippen LogP contribution in [0.3, 0.4) is 0 Å². The SMILES string of the molecule is COc1cc2c(c(Cl)c1OCCCOc1c(O)cc3sc(C(=O)CC(C)C(=O)O)cc3c1F)CN(C(=O)CC(C)C(=O)O)C2. The Balaban J connectivity index is 1.38. The number of phenols is 1. The molecule has 0 saturated heterocycles. The highest BCUT2D eigenvalue weighted by Crippen LogP contribution is 2.44. The zero-order chi connectivity index (χ0) is 32.3. The summed E-state index contributed by atoms with van der Waals surface area (Å²) < 4.78 is 32.4. The number of carbonyl (C=O) groups excluding carboxylic acids is 2. The first-order valence-electron chi connectivity index (χ1n) is 13.7. The molecule has 236 valence electrons. The number of ketones is 1. The number of Topliss-reactive ketones (excluding diaryl/α,β-unsaturated/α-hetero) is 1. The van der Waals surface area contributed by atoms with E-state index >= 15 is 4.39 Å². The molecule has 1 aliphatic rings. The Hall–Kier alpha value is -4.10. The summed E-state index contributed by atoms with van der Waals surface area (Å²) in [6.45, 7) is 3.36. The largest absolute Gasteiger partial charge is 0.504 e. The van der Waals surface area contributed by atoms with Crippen molar-refractivity contribution in [1.82, 2.24) is 4.90 Å². The summed E-state index contributed by atoms with van der Waals surface area (Å²) >= 11 is 7.59. The van der Waals surface area contributed by atoms with Crippen molar-refractivity contribution in [2.75, 3.05) is 20.3 Å². The second-order valence-corrected chi connectivity index (χ2v) is 12.0. The number of benzene rings is 2. The van der Waals surface area contributed by atoms with Crippen LogP contribution >= 0.6 is 22.9 Å². The number of halogens is 2. The second kappa shape index (κ2) is 13.7. The number of carbonyl (C=O) groups is 4. The number of fused-ring (bicyclic) bond motifs is 2. The third-order valence-corrected chi connectivity index (χ3v) is 8.76. The van der Waals surface area contributed by atoms with Gasteiger partial charge in [0.25, 0.3) is 0 Å². The van der Waals surface area contributed by atoms with Gasteiger partial charge in [-0.15, -0.1) is 11.3 Å². The molecule has 4 rings (SSSR count). The lowest BCUT2D eigenvalue weighted by molar-refractivity contribution is -0.145. The molecule has 1 aromatic heterocycles. The first-order chi connectivity index (χ1) is 20.8. The topological polar surface area (TPSA) is 160 Å². The Labute approximate surface area is 260 Å². The van der Waals surface area contributed by atoms with Crippen LogP contribution in [0.25, 0.3) is 10.1 Å². The fourth-order valence-corrected chi connectivity index (χ4v) is 6.03. The normalized spacial score (nSPS) is 13.8. The average Bonchev–Trinajstić information content (AvgIpc) is 3.60. The minimum atomic E-state index is -1.11. The van der Waals surface area contributed by atoms with Gasteiger partial charge in [0.05, 0.1) is 42.1 Å². The van der Waals surface area contributed by atoms with Gasteiger partial charge in [-0.05, 0) is 23.3 Å². The van der Waals surface area contributed by atoms with E-state index in [1.165, 1.54) is 38.0 Å². The van der Waals surface area contributed by atoms with Gasteiger partial charge >= 0.3 is 11.9 Å². The molecule has 1 aliphatic heterocycles. The Bertz CT molecular complexity index is 1620. The lowest BCUT2D eigenvalue weighted by Crippen LogP contribution is -2.28. The van der Waals surface area contributed by atoms with Crippen LogP contribution in [0.1, 0.15) is 53.9 Å². The van der Waals surface area contributed by atoms with Gasteiger partial charge in [0.2, 0.25) is 5.91 Å². The highest BCUT2D eigenvalue weighted by molar-refractivity contribution is 7.20. The van der Waals surface area contributed by atoms with Crippen LogP contribution in [0, 0.1) is 17.7 Å². The lowest BCUT2D eigenvalue weighted by Gasteiger charge is -2.17. The van der Waals surface area contributed by atoms with Crippen LogP contribution in [0.2, 0.25) is 5.02 Å². The van der Waals surface area contributed by atoms with E-state index in [1.54, 1.807) is 6.07 Å². The molecule has 11 nitrogen and oxygen atoms in total. The summed E-state index contributed by atoms with van der Waals surface area (Å²) in [7, 11) is 1.44.